The number of likely N-dealkylation sites (N-methyl/N-ethyl adjacent to an activating group) is 1. The number of ether oxygens (including phenoxy) is 2. The number of nitrogens with zero attached hydrogens (tertiary/aromatic N) is 1. The van der Waals surface area contributed by atoms with Crippen LogP contribution in [0, 0.1) is 0 Å². The fourth-order valence-corrected chi connectivity index (χ4v) is 2.71. The first-order chi connectivity index (χ1) is 11.7. The molecule has 3 rings (SSSR count). The van der Waals surface area contributed by atoms with Crippen LogP contribution in [0.5, 0.6) is 5.75 Å². The van der Waals surface area contributed by atoms with Gasteiger partial charge in [0.25, 0.3) is 5.91 Å². The van der Waals surface area contributed by atoms with E-state index in [1.54, 1.807) is 31.4 Å². The highest BCUT2D eigenvalue weighted by Crippen LogP contribution is 2.23. The van der Waals surface area contributed by atoms with E-state index in [2.05, 4.69) is 17.3 Å². The van der Waals surface area contributed by atoms with Gasteiger partial charge >= 0.3 is 0 Å². The number of rotatable bonds is 4. The number of benzene rings is 2. The molecule has 0 aliphatic carbocycles. The second kappa shape index (κ2) is 7.47. The van der Waals surface area contributed by atoms with Crippen molar-refractivity contribution in [3.63, 3.8) is 0 Å². The van der Waals surface area contributed by atoms with E-state index in [4.69, 9.17) is 9.47 Å². The first-order valence-corrected chi connectivity index (χ1v) is 8.01. The lowest BCUT2D eigenvalue weighted by atomic mass is 10.1. The van der Waals surface area contributed by atoms with Crippen LogP contribution in [0.15, 0.2) is 48.5 Å². The van der Waals surface area contributed by atoms with Gasteiger partial charge in [0.2, 0.25) is 0 Å². The molecule has 1 unspecified atom stereocenters. The fraction of sp³-hybridized carbons (Fsp3) is 0.316. The van der Waals surface area contributed by atoms with E-state index in [-0.39, 0.29) is 12.0 Å². The number of hydrogen-bond acceptors (Lipinski definition) is 4. The SMILES string of the molecule is COc1ccc(C(=O)Nc2ccc(C3CN(C)CCO3)cc2)cc1. The van der Waals surface area contributed by atoms with Crippen LogP contribution < -0.4 is 10.1 Å². The third-order valence-corrected chi connectivity index (χ3v) is 4.16. The summed E-state index contributed by atoms with van der Waals surface area (Å²) in [5.74, 6) is 0.590. The maximum atomic E-state index is 12.3. The Bertz CT molecular complexity index is 683. The van der Waals surface area contributed by atoms with Gasteiger partial charge in [-0.25, -0.2) is 0 Å². The van der Waals surface area contributed by atoms with E-state index in [0.717, 1.165) is 36.7 Å². The van der Waals surface area contributed by atoms with Gasteiger partial charge in [-0.2, -0.15) is 0 Å². The number of amides is 1. The van der Waals surface area contributed by atoms with E-state index in [9.17, 15) is 4.79 Å². The Morgan fingerprint density at radius 3 is 2.50 bits per heavy atom. The average Bonchev–Trinajstić information content (AvgIpc) is 2.62. The standard InChI is InChI=1S/C19H22N2O3/c1-21-11-12-24-18(13-21)14-3-7-16(8-4-14)20-19(22)15-5-9-17(23-2)10-6-15/h3-10,18H,11-13H2,1-2H3,(H,20,22). The zero-order valence-electron chi connectivity index (χ0n) is 14.0. The topological polar surface area (TPSA) is 50.8 Å². The smallest absolute Gasteiger partial charge is 0.255 e. The van der Waals surface area contributed by atoms with Gasteiger partial charge in [0.05, 0.1) is 19.8 Å². The molecule has 5 nitrogen and oxygen atoms in total. The summed E-state index contributed by atoms with van der Waals surface area (Å²) in [5, 5.41) is 2.90. The van der Waals surface area contributed by atoms with Crippen molar-refractivity contribution in [3.8, 4) is 5.75 Å². The predicted octanol–water partition coefficient (Wildman–Crippen LogP) is 2.95. The molecule has 0 aromatic heterocycles. The first-order valence-electron chi connectivity index (χ1n) is 8.01. The van der Waals surface area contributed by atoms with Crippen LogP contribution in [0.3, 0.4) is 0 Å². The Hall–Kier alpha value is -2.37. The molecule has 1 atom stereocenters. The van der Waals surface area contributed by atoms with Crippen molar-refractivity contribution in [2.75, 3.05) is 39.2 Å². The summed E-state index contributed by atoms with van der Waals surface area (Å²) in [6, 6.07) is 14.9. The number of nitrogens with one attached hydrogen (secondary N) is 1. The van der Waals surface area contributed by atoms with E-state index in [1.807, 2.05) is 24.3 Å². The molecule has 24 heavy (non-hydrogen) atoms. The van der Waals surface area contributed by atoms with Gasteiger partial charge in [-0.15, -0.1) is 0 Å². The van der Waals surface area contributed by atoms with Crippen LogP contribution in [0.1, 0.15) is 22.0 Å². The summed E-state index contributed by atoms with van der Waals surface area (Å²) in [6.07, 6.45) is 0.0927. The minimum atomic E-state index is -0.140. The Morgan fingerprint density at radius 2 is 1.88 bits per heavy atom. The molecule has 1 aliphatic rings. The molecule has 0 saturated carbocycles. The molecule has 1 N–H and O–H groups in total. The van der Waals surface area contributed by atoms with Gasteiger partial charge in [0.1, 0.15) is 5.75 Å². The Labute approximate surface area is 142 Å². The van der Waals surface area contributed by atoms with Gasteiger partial charge < -0.3 is 19.7 Å². The summed E-state index contributed by atoms with van der Waals surface area (Å²) in [5.41, 5.74) is 2.49. The molecular weight excluding hydrogens is 304 g/mol. The summed E-state index contributed by atoms with van der Waals surface area (Å²) in [6.45, 7) is 2.60. The van der Waals surface area contributed by atoms with Crippen molar-refractivity contribution >= 4 is 11.6 Å². The van der Waals surface area contributed by atoms with Gasteiger partial charge in [-0.1, -0.05) is 12.1 Å². The molecule has 0 radical (unpaired) electrons. The number of hydrogen-bond donors (Lipinski definition) is 1. The normalized spacial score (nSPS) is 18.2. The van der Waals surface area contributed by atoms with Crippen molar-refractivity contribution in [2.24, 2.45) is 0 Å². The second-order valence-electron chi connectivity index (χ2n) is 5.93. The minimum Gasteiger partial charge on any atom is -0.497 e. The van der Waals surface area contributed by atoms with E-state index in [1.165, 1.54) is 0 Å². The molecule has 5 heteroatoms. The summed E-state index contributed by atoms with van der Waals surface area (Å²) in [7, 11) is 3.70. The highest BCUT2D eigenvalue weighted by Gasteiger charge is 2.19. The van der Waals surface area contributed by atoms with Crippen LogP contribution in [0.4, 0.5) is 5.69 Å². The quantitative estimate of drug-likeness (QED) is 0.938. The van der Waals surface area contributed by atoms with E-state index in [0.29, 0.717) is 5.56 Å². The Balaban J connectivity index is 1.63. The van der Waals surface area contributed by atoms with Gasteiger partial charge in [0.15, 0.2) is 0 Å². The number of methoxy groups -OCH3 is 1. The third kappa shape index (κ3) is 3.93. The third-order valence-electron chi connectivity index (χ3n) is 4.16. The van der Waals surface area contributed by atoms with Crippen LogP contribution >= 0.6 is 0 Å². The molecule has 0 spiro atoms. The average molecular weight is 326 g/mol. The molecule has 0 bridgehead atoms. The van der Waals surface area contributed by atoms with Crippen LogP contribution in [-0.2, 0) is 4.74 Å². The molecule has 1 saturated heterocycles. The molecule has 2 aromatic rings. The zero-order chi connectivity index (χ0) is 16.9. The summed E-state index contributed by atoms with van der Waals surface area (Å²) < 4.78 is 10.9. The summed E-state index contributed by atoms with van der Waals surface area (Å²) in [4.78, 5) is 14.5. The number of carbonyl (C=O) groups is 1. The highest BCUT2D eigenvalue weighted by molar-refractivity contribution is 6.04. The van der Waals surface area contributed by atoms with Crippen molar-refractivity contribution in [2.45, 2.75) is 6.10 Å². The van der Waals surface area contributed by atoms with Crippen molar-refractivity contribution < 1.29 is 14.3 Å². The lowest BCUT2D eigenvalue weighted by Crippen LogP contribution is -2.35. The Kier molecular flexibility index (Phi) is 5.13. The number of morpholine rings is 1. The van der Waals surface area contributed by atoms with Crippen LogP contribution in [0.2, 0.25) is 0 Å². The monoisotopic (exact) mass is 326 g/mol. The van der Waals surface area contributed by atoms with Crippen molar-refractivity contribution in [3.05, 3.63) is 59.7 Å². The fourth-order valence-electron chi connectivity index (χ4n) is 2.71. The number of carbonyl (C=O) groups excluding carboxylic acids is 1. The van der Waals surface area contributed by atoms with E-state index >= 15 is 0 Å². The van der Waals surface area contributed by atoms with Crippen LogP contribution in [0.25, 0.3) is 0 Å². The molecular formula is C19H22N2O3. The van der Waals surface area contributed by atoms with Gasteiger partial charge in [0, 0.05) is 24.3 Å². The van der Waals surface area contributed by atoms with Crippen molar-refractivity contribution in [1.82, 2.24) is 4.90 Å². The molecule has 1 amide bonds. The van der Waals surface area contributed by atoms with Gasteiger partial charge in [-0.05, 0) is 49.0 Å². The maximum Gasteiger partial charge on any atom is 0.255 e. The second-order valence-corrected chi connectivity index (χ2v) is 5.93. The molecule has 126 valence electrons. The minimum absolute atomic E-state index is 0.0927. The largest absolute Gasteiger partial charge is 0.497 e. The van der Waals surface area contributed by atoms with E-state index < -0.39 is 0 Å². The Morgan fingerprint density at radius 1 is 1.17 bits per heavy atom. The zero-order valence-corrected chi connectivity index (χ0v) is 14.0. The molecule has 1 fully saturated rings. The number of anilines is 1. The summed E-state index contributed by atoms with van der Waals surface area (Å²) >= 11 is 0. The first kappa shape index (κ1) is 16.5. The lowest BCUT2D eigenvalue weighted by Gasteiger charge is -2.30. The maximum absolute atomic E-state index is 12.3. The molecule has 2 aromatic carbocycles. The van der Waals surface area contributed by atoms with Crippen molar-refractivity contribution in [1.29, 1.82) is 0 Å². The predicted molar refractivity (Wildman–Crippen MR) is 93.6 cm³/mol. The highest BCUT2D eigenvalue weighted by atomic mass is 16.5. The van der Waals surface area contributed by atoms with Gasteiger partial charge in [-0.3, -0.25) is 4.79 Å². The molecule has 1 aliphatic heterocycles. The molecule has 1 heterocycles. The lowest BCUT2D eigenvalue weighted by molar-refractivity contribution is -0.0208. The van der Waals surface area contributed by atoms with Crippen LogP contribution in [-0.4, -0.2) is 44.7 Å².